The van der Waals surface area contributed by atoms with Gasteiger partial charge in [-0.05, 0) is 52.1 Å². The van der Waals surface area contributed by atoms with Crippen LogP contribution in [0.3, 0.4) is 0 Å². The van der Waals surface area contributed by atoms with Crippen molar-refractivity contribution in [3.8, 4) is 0 Å². The molecule has 0 N–H and O–H groups in total. The molecule has 1 rings (SSSR count). The van der Waals surface area contributed by atoms with Gasteiger partial charge in [-0.2, -0.15) is 0 Å². The summed E-state index contributed by atoms with van der Waals surface area (Å²) in [6, 6.07) is 0.678. The van der Waals surface area contributed by atoms with Gasteiger partial charge in [0.1, 0.15) is 12.9 Å². The summed E-state index contributed by atoms with van der Waals surface area (Å²) in [5, 5.41) is 0. The first kappa shape index (κ1) is 12.7. The highest BCUT2D eigenvalue weighted by atomic mass is 16.5. The third-order valence-electron chi connectivity index (χ3n) is 3.24. The normalized spacial score (nSPS) is 19.7. The van der Waals surface area contributed by atoms with E-state index in [0.717, 1.165) is 25.2 Å². The van der Waals surface area contributed by atoms with Crippen LogP contribution in [0, 0.1) is 5.92 Å². The molecule has 3 nitrogen and oxygen atoms in total. The molecular weight excluding hydrogens is 190 g/mol. The number of carbonyl (C=O) groups excluding carboxylic acids is 1. The van der Waals surface area contributed by atoms with Gasteiger partial charge in [-0.15, -0.1) is 0 Å². The predicted molar refractivity (Wildman–Crippen MR) is 60.9 cm³/mol. The van der Waals surface area contributed by atoms with Gasteiger partial charge in [-0.3, -0.25) is 0 Å². The molecule has 0 amide bonds. The Hall–Kier alpha value is -0.410. The highest BCUT2D eigenvalue weighted by Crippen LogP contribution is 2.21. The molecule has 1 aliphatic heterocycles. The largest absolute Gasteiger partial charge is 0.374 e. The topological polar surface area (TPSA) is 29.5 Å². The van der Waals surface area contributed by atoms with Crippen molar-refractivity contribution in [2.24, 2.45) is 5.92 Å². The van der Waals surface area contributed by atoms with Crippen LogP contribution in [-0.2, 0) is 9.53 Å². The van der Waals surface area contributed by atoms with E-state index in [-0.39, 0.29) is 6.61 Å². The van der Waals surface area contributed by atoms with Crippen LogP contribution in [-0.4, -0.2) is 43.5 Å². The zero-order valence-corrected chi connectivity index (χ0v) is 9.95. The van der Waals surface area contributed by atoms with E-state index in [9.17, 15) is 4.79 Å². The summed E-state index contributed by atoms with van der Waals surface area (Å²) in [5.74, 6) is 0.798. The Morgan fingerprint density at radius 1 is 1.40 bits per heavy atom. The molecule has 0 aromatic rings. The van der Waals surface area contributed by atoms with E-state index in [1.165, 1.54) is 25.9 Å². The fraction of sp³-hybridized carbons (Fsp3) is 0.917. The van der Waals surface area contributed by atoms with Gasteiger partial charge in [0.25, 0.3) is 0 Å². The lowest BCUT2D eigenvalue weighted by molar-refractivity contribution is -0.112. The van der Waals surface area contributed by atoms with Crippen LogP contribution in [0.25, 0.3) is 0 Å². The van der Waals surface area contributed by atoms with Crippen molar-refractivity contribution in [1.29, 1.82) is 0 Å². The van der Waals surface area contributed by atoms with Gasteiger partial charge in [-0.1, -0.05) is 0 Å². The fourth-order valence-electron chi connectivity index (χ4n) is 2.14. The number of piperidine rings is 1. The maximum absolute atomic E-state index is 10.0. The van der Waals surface area contributed by atoms with Crippen molar-refractivity contribution < 1.29 is 9.53 Å². The van der Waals surface area contributed by atoms with Crippen molar-refractivity contribution in [2.75, 3.05) is 26.3 Å². The number of rotatable bonds is 6. The Labute approximate surface area is 92.8 Å². The minimum atomic E-state index is 0.255. The van der Waals surface area contributed by atoms with Crippen LogP contribution in [0.4, 0.5) is 0 Å². The Bertz CT molecular complexity index is 174. The molecule has 3 heteroatoms. The lowest BCUT2D eigenvalue weighted by Crippen LogP contribution is -2.38. The van der Waals surface area contributed by atoms with Crippen molar-refractivity contribution >= 4 is 6.29 Å². The molecule has 0 aromatic heterocycles. The van der Waals surface area contributed by atoms with Gasteiger partial charge in [0, 0.05) is 12.6 Å². The minimum absolute atomic E-state index is 0.255. The van der Waals surface area contributed by atoms with E-state index in [4.69, 9.17) is 4.74 Å². The number of nitrogens with zero attached hydrogens (tertiary/aromatic N) is 1. The molecule has 88 valence electrons. The average Bonchev–Trinajstić information content (AvgIpc) is 2.25. The molecular formula is C12H23NO2. The monoisotopic (exact) mass is 213 g/mol. The summed E-state index contributed by atoms with van der Waals surface area (Å²) in [6.07, 6.45) is 4.49. The van der Waals surface area contributed by atoms with Crippen LogP contribution in [0.5, 0.6) is 0 Å². The standard InChI is InChI=1S/C12H23NO2/c1-11(2)13-6-3-12(4-7-13)5-9-15-10-8-14/h8,11-12H,3-7,9-10H2,1-2H3. The van der Waals surface area contributed by atoms with Gasteiger partial charge in [0.2, 0.25) is 0 Å². The number of likely N-dealkylation sites (tertiary alicyclic amines) is 1. The Kier molecular flexibility index (Phi) is 5.88. The molecule has 0 saturated carbocycles. The van der Waals surface area contributed by atoms with Crippen LogP contribution in [0.2, 0.25) is 0 Å². The SMILES string of the molecule is CC(C)N1CCC(CCOCC=O)CC1. The second kappa shape index (κ2) is 6.96. The van der Waals surface area contributed by atoms with Crippen molar-refractivity contribution in [2.45, 2.75) is 39.2 Å². The number of hydrogen-bond acceptors (Lipinski definition) is 3. The van der Waals surface area contributed by atoms with Crippen LogP contribution in [0.15, 0.2) is 0 Å². The average molecular weight is 213 g/mol. The quantitative estimate of drug-likeness (QED) is 0.497. The first-order valence-corrected chi connectivity index (χ1v) is 5.99. The molecule has 0 aliphatic carbocycles. The van der Waals surface area contributed by atoms with E-state index in [0.29, 0.717) is 6.04 Å². The van der Waals surface area contributed by atoms with Gasteiger partial charge in [-0.25, -0.2) is 0 Å². The zero-order chi connectivity index (χ0) is 11.1. The molecule has 0 spiro atoms. The summed E-state index contributed by atoms with van der Waals surface area (Å²) in [6.45, 7) is 7.95. The Morgan fingerprint density at radius 3 is 2.60 bits per heavy atom. The third kappa shape index (κ3) is 4.76. The molecule has 1 aliphatic rings. The molecule has 0 atom stereocenters. The molecule has 0 radical (unpaired) electrons. The molecule has 15 heavy (non-hydrogen) atoms. The van der Waals surface area contributed by atoms with Crippen molar-refractivity contribution in [3.63, 3.8) is 0 Å². The van der Waals surface area contributed by atoms with E-state index < -0.39 is 0 Å². The first-order chi connectivity index (χ1) is 7.24. The number of hydrogen-bond donors (Lipinski definition) is 0. The maximum Gasteiger partial charge on any atom is 0.145 e. The summed E-state index contributed by atoms with van der Waals surface area (Å²) < 4.78 is 5.18. The molecule has 0 aromatic carbocycles. The molecule has 1 heterocycles. The first-order valence-electron chi connectivity index (χ1n) is 5.99. The van der Waals surface area contributed by atoms with Crippen LogP contribution in [0.1, 0.15) is 33.1 Å². The van der Waals surface area contributed by atoms with E-state index >= 15 is 0 Å². The summed E-state index contributed by atoms with van der Waals surface area (Å²) in [4.78, 5) is 12.6. The number of ether oxygens (including phenoxy) is 1. The third-order valence-corrected chi connectivity index (χ3v) is 3.24. The predicted octanol–water partition coefficient (Wildman–Crippen LogP) is 1.71. The molecule has 1 fully saturated rings. The second-order valence-electron chi connectivity index (χ2n) is 4.60. The Morgan fingerprint density at radius 2 is 2.07 bits per heavy atom. The highest BCUT2D eigenvalue weighted by Gasteiger charge is 2.20. The van der Waals surface area contributed by atoms with Crippen LogP contribution >= 0.6 is 0 Å². The lowest BCUT2D eigenvalue weighted by atomic mass is 9.93. The van der Waals surface area contributed by atoms with Gasteiger partial charge < -0.3 is 14.4 Å². The molecule has 0 unspecified atom stereocenters. The Balaban J connectivity index is 2.06. The smallest absolute Gasteiger partial charge is 0.145 e. The fourth-order valence-corrected chi connectivity index (χ4v) is 2.14. The van der Waals surface area contributed by atoms with E-state index in [2.05, 4.69) is 18.7 Å². The summed E-state index contributed by atoms with van der Waals surface area (Å²) >= 11 is 0. The highest BCUT2D eigenvalue weighted by molar-refractivity contribution is 5.50. The lowest BCUT2D eigenvalue weighted by Gasteiger charge is -2.34. The van der Waals surface area contributed by atoms with Crippen LogP contribution < -0.4 is 0 Å². The molecule has 0 bridgehead atoms. The van der Waals surface area contributed by atoms with E-state index in [1.807, 2.05) is 0 Å². The van der Waals surface area contributed by atoms with E-state index in [1.54, 1.807) is 0 Å². The van der Waals surface area contributed by atoms with Crippen molar-refractivity contribution in [3.05, 3.63) is 0 Å². The second-order valence-corrected chi connectivity index (χ2v) is 4.60. The maximum atomic E-state index is 10.0. The van der Waals surface area contributed by atoms with Gasteiger partial charge in [0.15, 0.2) is 0 Å². The van der Waals surface area contributed by atoms with Gasteiger partial charge >= 0.3 is 0 Å². The summed E-state index contributed by atoms with van der Waals surface area (Å²) in [7, 11) is 0. The minimum Gasteiger partial charge on any atom is -0.374 e. The zero-order valence-electron chi connectivity index (χ0n) is 9.95. The number of aldehydes is 1. The summed E-state index contributed by atoms with van der Waals surface area (Å²) in [5.41, 5.74) is 0. The number of carbonyl (C=O) groups is 1. The van der Waals surface area contributed by atoms with Crippen molar-refractivity contribution in [1.82, 2.24) is 4.90 Å². The van der Waals surface area contributed by atoms with Gasteiger partial charge in [0.05, 0.1) is 0 Å². The molecule has 1 saturated heterocycles.